The van der Waals surface area contributed by atoms with Gasteiger partial charge >= 0.3 is 6.98 Å². The lowest BCUT2D eigenvalue weighted by Gasteiger charge is -2.31. The highest BCUT2D eigenvalue weighted by Crippen LogP contribution is 2.28. The summed E-state index contributed by atoms with van der Waals surface area (Å²) in [5.74, 6) is 0. The van der Waals surface area contributed by atoms with Gasteiger partial charge < -0.3 is 22.8 Å². The van der Waals surface area contributed by atoms with E-state index in [1.807, 2.05) is 24.3 Å². The third-order valence-corrected chi connectivity index (χ3v) is 3.43. The smallest absolute Gasteiger partial charge is 0.448 e. The molecule has 0 fully saturated rings. The largest absolute Gasteiger partial charge is 0.492 e. The van der Waals surface area contributed by atoms with Crippen molar-refractivity contribution in [3.63, 3.8) is 0 Å². The Labute approximate surface area is 103 Å². The summed E-state index contributed by atoms with van der Waals surface area (Å²) in [5, 5.41) is 1.14. The number of para-hydroxylation sites is 1. The fourth-order valence-corrected chi connectivity index (χ4v) is 2.70. The molecule has 18 heavy (non-hydrogen) atoms. The van der Waals surface area contributed by atoms with E-state index in [0.717, 1.165) is 16.6 Å². The molecule has 6 heteroatoms. The van der Waals surface area contributed by atoms with Crippen LogP contribution in [0.3, 0.4) is 0 Å². The van der Waals surface area contributed by atoms with Crippen molar-refractivity contribution in [1.82, 2.24) is 9.88 Å². The molecule has 1 aromatic heterocycles. The molecule has 1 aliphatic rings. The highest BCUT2D eigenvalue weighted by Gasteiger charge is 2.29. The standard InChI is InChI=1S/C12H13BF3N2/c14-13(15,16)8-18-6-5-10-9-3-1-2-4-11(9)17-12(10)7-18/h1-4,17H,5-8H2/q-1. The van der Waals surface area contributed by atoms with E-state index in [4.69, 9.17) is 0 Å². The molecule has 0 aliphatic carbocycles. The molecule has 2 aromatic rings. The molecule has 0 unspecified atom stereocenters. The third kappa shape index (κ3) is 2.12. The second-order valence-corrected chi connectivity index (χ2v) is 4.82. The minimum absolute atomic E-state index is 0.366. The minimum Gasteiger partial charge on any atom is -0.448 e. The van der Waals surface area contributed by atoms with Gasteiger partial charge in [-0.25, -0.2) is 0 Å². The van der Waals surface area contributed by atoms with Gasteiger partial charge in [0.1, 0.15) is 0 Å². The number of nitrogens with one attached hydrogen (secondary N) is 1. The van der Waals surface area contributed by atoms with Crippen LogP contribution in [0.5, 0.6) is 0 Å². The summed E-state index contributed by atoms with van der Waals surface area (Å²) in [6.45, 7) is -3.89. The van der Waals surface area contributed by atoms with Crippen LogP contribution in [0, 0.1) is 0 Å². The summed E-state index contributed by atoms with van der Waals surface area (Å²) in [5.41, 5.74) is 3.13. The van der Waals surface area contributed by atoms with Crippen molar-refractivity contribution >= 4 is 17.9 Å². The van der Waals surface area contributed by atoms with E-state index in [1.54, 1.807) is 0 Å². The fourth-order valence-electron chi connectivity index (χ4n) is 2.70. The number of H-pyrrole nitrogens is 1. The average molecular weight is 253 g/mol. The highest BCUT2D eigenvalue weighted by molar-refractivity contribution is 6.58. The number of aromatic amines is 1. The van der Waals surface area contributed by atoms with Crippen molar-refractivity contribution in [3.05, 3.63) is 35.5 Å². The normalized spacial score (nSPS) is 17.1. The van der Waals surface area contributed by atoms with Crippen LogP contribution in [0.25, 0.3) is 10.9 Å². The van der Waals surface area contributed by atoms with Gasteiger partial charge in [-0.1, -0.05) is 18.2 Å². The first kappa shape index (κ1) is 11.7. The Morgan fingerprint density at radius 1 is 1.22 bits per heavy atom. The zero-order valence-electron chi connectivity index (χ0n) is 9.80. The van der Waals surface area contributed by atoms with Crippen molar-refractivity contribution in [1.29, 1.82) is 0 Å². The van der Waals surface area contributed by atoms with Crippen LogP contribution in [0.2, 0.25) is 0 Å². The quantitative estimate of drug-likeness (QED) is 0.815. The van der Waals surface area contributed by atoms with Crippen LogP contribution < -0.4 is 0 Å². The number of hydrogen-bond donors (Lipinski definition) is 1. The third-order valence-electron chi connectivity index (χ3n) is 3.43. The molecule has 1 aromatic carbocycles. The van der Waals surface area contributed by atoms with Crippen molar-refractivity contribution in [3.8, 4) is 0 Å². The number of aromatic nitrogens is 1. The molecule has 0 radical (unpaired) electrons. The molecule has 96 valence electrons. The lowest BCUT2D eigenvalue weighted by molar-refractivity contribution is 0.259. The maximum atomic E-state index is 12.4. The zero-order valence-corrected chi connectivity index (χ0v) is 9.80. The van der Waals surface area contributed by atoms with Crippen LogP contribution >= 0.6 is 0 Å². The molecule has 0 bridgehead atoms. The first-order valence-electron chi connectivity index (χ1n) is 6.05. The molecule has 1 N–H and O–H groups in total. The van der Waals surface area contributed by atoms with E-state index < -0.39 is 13.4 Å². The van der Waals surface area contributed by atoms with Gasteiger partial charge in [-0.15, -0.1) is 0 Å². The second kappa shape index (κ2) is 4.05. The number of nitrogens with zero attached hydrogens (tertiary/aromatic N) is 1. The molecule has 0 spiro atoms. The van der Waals surface area contributed by atoms with E-state index in [1.165, 1.54) is 10.5 Å². The molecule has 1 aliphatic heterocycles. The van der Waals surface area contributed by atoms with Gasteiger partial charge in [-0.2, -0.15) is 0 Å². The predicted molar refractivity (Wildman–Crippen MR) is 66.4 cm³/mol. The van der Waals surface area contributed by atoms with Crippen molar-refractivity contribution in [2.75, 3.05) is 13.0 Å². The fraction of sp³-hybridized carbons (Fsp3) is 0.333. The van der Waals surface area contributed by atoms with Crippen LogP contribution in [0.15, 0.2) is 24.3 Å². The summed E-state index contributed by atoms with van der Waals surface area (Å²) >= 11 is 0. The molecule has 3 rings (SSSR count). The summed E-state index contributed by atoms with van der Waals surface area (Å²) < 4.78 is 37.3. The Hall–Kier alpha value is -1.43. The van der Waals surface area contributed by atoms with E-state index in [2.05, 4.69) is 4.98 Å². The topological polar surface area (TPSA) is 19.0 Å². The number of benzene rings is 1. The van der Waals surface area contributed by atoms with E-state index in [9.17, 15) is 12.9 Å². The lowest BCUT2D eigenvalue weighted by atomic mass is 9.89. The Kier molecular flexibility index (Phi) is 2.62. The maximum Gasteiger partial charge on any atom is 0.492 e. The van der Waals surface area contributed by atoms with Crippen molar-refractivity contribution in [2.45, 2.75) is 13.0 Å². The number of halogens is 3. The Morgan fingerprint density at radius 2 is 2.00 bits per heavy atom. The van der Waals surface area contributed by atoms with Crippen LogP contribution in [-0.4, -0.2) is 29.9 Å². The summed E-state index contributed by atoms with van der Waals surface area (Å²) in [6, 6.07) is 7.88. The molecule has 0 amide bonds. The van der Waals surface area contributed by atoms with Gasteiger partial charge in [0.15, 0.2) is 0 Å². The van der Waals surface area contributed by atoms with Gasteiger partial charge in [-0.3, -0.25) is 0 Å². The SMILES string of the molecule is F[B-](F)(F)CN1CCc2c([nH]c3ccccc23)C1. The molecule has 0 atom stereocenters. The molecular weight excluding hydrogens is 240 g/mol. The van der Waals surface area contributed by atoms with Crippen molar-refractivity contribution in [2.24, 2.45) is 0 Å². The van der Waals surface area contributed by atoms with Gasteiger partial charge in [0, 0.05) is 23.1 Å². The number of hydrogen-bond acceptors (Lipinski definition) is 1. The highest BCUT2D eigenvalue weighted by atomic mass is 19.4. The zero-order chi connectivity index (χ0) is 12.8. The van der Waals surface area contributed by atoms with Crippen LogP contribution in [0.1, 0.15) is 11.3 Å². The van der Waals surface area contributed by atoms with Gasteiger partial charge in [0.25, 0.3) is 0 Å². The Bertz CT molecular complexity index is 576. The molecule has 2 nitrogen and oxygen atoms in total. The van der Waals surface area contributed by atoms with Gasteiger partial charge in [-0.05, 0) is 31.0 Å². The number of rotatable bonds is 2. The van der Waals surface area contributed by atoms with Crippen LogP contribution in [0.4, 0.5) is 12.9 Å². The monoisotopic (exact) mass is 253 g/mol. The van der Waals surface area contributed by atoms with Crippen molar-refractivity contribution < 1.29 is 12.9 Å². The molecule has 0 saturated heterocycles. The van der Waals surface area contributed by atoms with E-state index in [0.29, 0.717) is 19.5 Å². The van der Waals surface area contributed by atoms with Gasteiger partial charge in [0.2, 0.25) is 0 Å². The Morgan fingerprint density at radius 3 is 2.78 bits per heavy atom. The van der Waals surface area contributed by atoms with Gasteiger partial charge in [0.05, 0.1) is 0 Å². The maximum absolute atomic E-state index is 12.4. The Balaban J connectivity index is 1.89. The average Bonchev–Trinajstić information content (AvgIpc) is 2.64. The first-order valence-corrected chi connectivity index (χ1v) is 6.05. The summed E-state index contributed by atoms with van der Waals surface area (Å²) in [7, 11) is 0. The predicted octanol–water partition coefficient (Wildman–Crippen LogP) is 2.91. The number of fused-ring (bicyclic) bond motifs is 3. The minimum atomic E-state index is -4.74. The first-order chi connectivity index (χ1) is 8.53. The van der Waals surface area contributed by atoms with Crippen LogP contribution in [-0.2, 0) is 13.0 Å². The second-order valence-electron chi connectivity index (χ2n) is 4.82. The lowest BCUT2D eigenvalue weighted by Crippen LogP contribution is -2.40. The van der Waals surface area contributed by atoms with E-state index in [-0.39, 0.29) is 0 Å². The molecular formula is C12H13BF3N2-. The van der Waals surface area contributed by atoms with E-state index >= 15 is 0 Å². The summed E-state index contributed by atoms with van der Waals surface area (Å²) in [4.78, 5) is 4.70. The summed E-state index contributed by atoms with van der Waals surface area (Å²) in [6.07, 6.45) is -0.0830. The molecule has 2 heterocycles. The molecule has 0 saturated carbocycles.